The Bertz CT molecular complexity index is 1620. The van der Waals surface area contributed by atoms with Crippen LogP contribution in [0, 0.1) is 5.82 Å². The van der Waals surface area contributed by atoms with Gasteiger partial charge in [-0.25, -0.2) is 9.37 Å². The smallest absolute Gasteiger partial charge is 0.248 e. The van der Waals surface area contributed by atoms with Crippen LogP contribution in [0.3, 0.4) is 0 Å². The quantitative estimate of drug-likeness (QED) is 0.351. The number of fused-ring (bicyclic) bond motifs is 3. The van der Waals surface area contributed by atoms with Crippen LogP contribution in [0.1, 0.15) is 54.6 Å². The molecule has 0 spiro atoms. The van der Waals surface area contributed by atoms with Crippen molar-refractivity contribution < 1.29 is 23.8 Å². The molecule has 206 valence electrons. The number of Topliss-reactive ketones (excluding diaryl/α,β-unsaturated/α-hetero) is 1. The van der Waals surface area contributed by atoms with Crippen LogP contribution in [-0.4, -0.2) is 67.1 Å². The molecule has 3 N–H and O–H groups in total. The summed E-state index contributed by atoms with van der Waals surface area (Å²) in [7, 11) is 1.42. The number of rotatable bonds is 6. The average Bonchev–Trinajstić information content (AvgIpc) is 3.50. The Balaban J connectivity index is 1.38. The molecule has 2 bridgehead atoms. The number of nitrogens with zero attached hydrogens (tertiary/aromatic N) is 5. The minimum Gasteiger partial charge on any atom is -0.494 e. The van der Waals surface area contributed by atoms with Crippen LogP contribution >= 0.6 is 0 Å². The third kappa shape index (κ3) is 4.17. The Morgan fingerprint density at radius 3 is 2.45 bits per heavy atom. The number of carbonyl (C=O) groups excluding carboxylic acids is 2. The number of amides is 1. The fourth-order valence-corrected chi connectivity index (χ4v) is 6.33. The number of aliphatic hydroxyl groups is 1. The van der Waals surface area contributed by atoms with Gasteiger partial charge in [-0.1, -0.05) is 6.07 Å². The Kier molecular flexibility index (Phi) is 6.46. The largest absolute Gasteiger partial charge is 0.494 e. The van der Waals surface area contributed by atoms with Gasteiger partial charge in [0.05, 0.1) is 30.3 Å². The molecule has 1 amide bonds. The summed E-state index contributed by atoms with van der Waals surface area (Å²) in [4.78, 5) is 36.4. The summed E-state index contributed by atoms with van der Waals surface area (Å²) < 4.78 is 20.7. The highest BCUT2D eigenvalue weighted by molar-refractivity contribution is 6.00. The van der Waals surface area contributed by atoms with Crippen LogP contribution in [0.2, 0.25) is 0 Å². The van der Waals surface area contributed by atoms with Gasteiger partial charge in [0.25, 0.3) is 0 Å². The van der Waals surface area contributed by atoms with E-state index in [0.717, 1.165) is 18.4 Å². The number of nitrogens with two attached hydrogens (primary N) is 1. The van der Waals surface area contributed by atoms with E-state index in [1.807, 2.05) is 6.07 Å². The van der Waals surface area contributed by atoms with Gasteiger partial charge in [0.15, 0.2) is 23.0 Å². The number of benzene rings is 1. The number of aliphatic hydroxyl groups excluding tert-OH is 1. The van der Waals surface area contributed by atoms with Crippen molar-refractivity contribution in [2.24, 2.45) is 0 Å². The molecule has 0 saturated carbocycles. The highest BCUT2D eigenvalue weighted by atomic mass is 19.1. The molecule has 10 nitrogen and oxygen atoms in total. The van der Waals surface area contributed by atoms with Gasteiger partial charge in [0.2, 0.25) is 5.91 Å². The summed E-state index contributed by atoms with van der Waals surface area (Å²) in [5.74, 6) is -0.611. The summed E-state index contributed by atoms with van der Waals surface area (Å²) in [5, 5.41) is 13.9. The van der Waals surface area contributed by atoms with Gasteiger partial charge >= 0.3 is 0 Å². The number of hydrogen-bond donors (Lipinski definition) is 2. The number of ketones is 1. The first kappa shape index (κ1) is 25.9. The zero-order chi connectivity index (χ0) is 28.1. The first-order valence-corrected chi connectivity index (χ1v) is 13.2. The summed E-state index contributed by atoms with van der Waals surface area (Å²) in [6, 6.07) is 8.31. The van der Waals surface area contributed by atoms with Crippen LogP contribution in [0.4, 0.5) is 10.2 Å². The van der Waals surface area contributed by atoms with Crippen LogP contribution in [0.15, 0.2) is 42.7 Å². The van der Waals surface area contributed by atoms with Crippen molar-refractivity contribution in [1.29, 1.82) is 0 Å². The third-order valence-corrected chi connectivity index (χ3v) is 8.13. The number of nitrogen functional groups attached to an aromatic ring is 1. The molecule has 4 aromatic rings. The SMILES string of the molecule is COc1ccc(-c2ccc(-c3cnn4c(N)c(C(C)=O)c(C5C[C@H]6CC[C@@H](C5)N6C(=O)CO)nc34)cn2)cc1F. The fourth-order valence-electron chi connectivity index (χ4n) is 6.33. The molecule has 2 aliphatic rings. The fraction of sp³-hybridized carbons (Fsp3) is 0.345. The first-order chi connectivity index (χ1) is 19.3. The topological polar surface area (TPSA) is 136 Å². The number of methoxy groups -OCH3 is 1. The predicted molar refractivity (Wildman–Crippen MR) is 145 cm³/mol. The monoisotopic (exact) mass is 544 g/mol. The van der Waals surface area contributed by atoms with Gasteiger partial charge in [0.1, 0.15) is 12.4 Å². The molecule has 0 radical (unpaired) electrons. The number of pyridine rings is 1. The van der Waals surface area contributed by atoms with Gasteiger partial charge in [-0.15, -0.1) is 0 Å². The van der Waals surface area contributed by atoms with Gasteiger partial charge < -0.3 is 20.5 Å². The Hall–Kier alpha value is -4.38. The van der Waals surface area contributed by atoms with Gasteiger partial charge in [-0.05, 0) is 56.9 Å². The van der Waals surface area contributed by atoms with E-state index in [-0.39, 0.29) is 41.3 Å². The second kappa shape index (κ2) is 9.98. The lowest BCUT2D eigenvalue weighted by Gasteiger charge is -2.39. The normalized spacial score (nSPS) is 20.2. The molecule has 0 aliphatic carbocycles. The van der Waals surface area contributed by atoms with Crippen molar-refractivity contribution in [2.75, 3.05) is 19.5 Å². The van der Waals surface area contributed by atoms with Crippen LogP contribution in [0.5, 0.6) is 5.75 Å². The molecule has 1 unspecified atom stereocenters. The molecule has 1 aromatic carbocycles. The van der Waals surface area contributed by atoms with E-state index >= 15 is 0 Å². The van der Waals surface area contributed by atoms with Gasteiger partial charge in [-0.2, -0.15) is 9.61 Å². The highest BCUT2D eigenvalue weighted by Crippen LogP contribution is 2.44. The van der Waals surface area contributed by atoms with Crippen molar-refractivity contribution >= 4 is 23.2 Å². The molecule has 2 fully saturated rings. The highest BCUT2D eigenvalue weighted by Gasteiger charge is 2.44. The van der Waals surface area contributed by atoms with E-state index in [1.165, 1.54) is 24.6 Å². The number of carbonyl (C=O) groups is 2. The van der Waals surface area contributed by atoms with Crippen molar-refractivity contribution in [3.05, 3.63) is 59.8 Å². The lowest BCUT2D eigenvalue weighted by Crippen LogP contribution is -2.47. The zero-order valence-electron chi connectivity index (χ0n) is 22.2. The van der Waals surface area contributed by atoms with Crippen molar-refractivity contribution in [2.45, 2.75) is 50.6 Å². The Labute approximate surface area is 229 Å². The molecule has 11 heteroatoms. The number of anilines is 1. The van der Waals surface area contributed by atoms with Gasteiger partial charge in [0, 0.05) is 40.9 Å². The molecule has 40 heavy (non-hydrogen) atoms. The van der Waals surface area contributed by atoms with E-state index < -0.39 is 12.4 Å². The number of hydrogen-bond acceptors (Lipinski definition) is 8. The molecular formula is C29H29FN6O4. The molecule has 2 saturated heterocycles. The number of ether oxygens (including phenoxy) is 1. The summed E-state index contributed by atoms with van der Waals surface area (Å²) >= 11 is 0. The molecule has 3 atom stereocenters. The lowest BCUT2D eigenvalue weighted by atomic mass is 9.85. The van der Waals surface area contributed by atoms with Gasteiger partial charge in [-0.3, -0.25) is 14.6 Å². The van der Waals surface area contributed by atoms with E-state index in [9.17, 15) is 19.1 Å². The van der Waals surface area contributed by atoms with E-state index in [2.05, 4.69) is 10.1 Å². The summed E-state index contributed by atoms with van der Waals surface area (Å²) in [6.45, 7) is 0.962. The Morgan fingerprint density at radius 2 is 1.85 bits per heavy atom. The maximum atomic E-state index is 14.2. The molecule has 6 rings (SSSR count). The summed E-state index contributed by atoms with van der Waals surface area (Å²) in [6.07, 6.45) is 6.31. The predicted octanol–water partition coefficient (Wildman–Crippen LogP) is 3.62. The Morgan fingerprint density at radius 1 is 1.12 bits per heavy atom. The minimum atomic E-state index is -0.507. The second-order valence-corrected chi connectivity index (χ2v) is 10.4. The van der Waals surface area contributed by atoms with Crippen LogP contribution in [0.25, 0.3) is 28.0 Å². The molecule has 3 aromatic heterocycles. The lowest BCUT2D eigenvalue weighted by molar-refractivity contribution is -0.138. The van der Waals surface area contributed by atoms with E-state index in [4.69, 9.17) is 15.5 Å². The first-order valence-electron chi connectivity index (χ1n) is 13.2. The third-order valence-electron chi connectivity index (χ3n) is 8.13. The average molecular weight is 545 g/mol. The molecule has 2 aliphatic heterocycles. The van der Waals surface area contributed by atoms with E-state index in [0.29, 0.717) is 46.6 Å². The number of aromatic nitrogens is 4. The van der Waals surface area contributed by atoms with Crippen molar-refractivity contribution in [3.8, 4) is 28.1 Å². The standard InChI is InChI=1S/C29H29FN6O4/c1-15(38)26-27(18-9-19-5-6-20(10-18)35(19)25(39)14-37)34-29-21(13-33-36(29)28(26)31)17-3-7-23(32-12-17)16-4-8-24(40-2)22(30)11-16/h3-4,7-8,11-13,18-20,37H,5-6,9-10,14,31H2,1-2H3/t18?,19-,20+. The summed E-state index contributed by atoms with van der Waals surface area (Å²) in [5.41, 5.74) is 10.6. The van der Waals surface area contributed by atoms with Crippen LogP contribution < -0.4 is 10.5 Å². The second-order valence-electron chi connectivity index (χ2n) is 10.4. The molecular weight excluding hydrogens is 515 g/mol. The maximum absolute atomic E-state index is 14.2. The zero-order valence-corrected chi connectivity index (χ0v) is 22.2. The van der Waals surface area contributed by atoms with Crippen molar-refractivity contribution in [3.63, 3.8) is 0 Å². The minimum absolute atomic E-state index is 0.00799. The van der Waals surface area contributed by atoms with Crippen LogP contribution in [-0.2, 0) is 4.79 Å². The van der Waals surface area contributed by atoms with E-state index in [1.54, 1.807) is 35.5 Å². The maximum Gasteiger partial charge on any atom is 0.248 e. The molecule has 5 heterocycles. The number of halogens is 1. The number of piperidine rings is 1. The van der Waals surface area contributed by atoms with Crippen molar-refractivity contribution in [1.82, 2.24) is 24.5 Å².